The Kier molecular flexibility index (Phi) is 11.3. The van der Waals surface area contributed by atoms with Gasteiger partial charge in [0.05, 0.1) is 12.8 Å². The van der Waals surface area contributed by atoms with Crippen molar-refractivity contribution in [3.63, 3.8) is 0 Å². The fourth-order valence-electron chi connectivity index (χ4n) is 5.18. The Morgan fingerprint density at radius 2 is 1.65 bits per heavy atom. The van der Waals surface area contributed by atoms with Gasteiger partial charge in [-0.1, -0.05) is 44.2 Å². The van der Waals surface area contributed by atoms with Gasteiger partial charge in [0.25, 0.3) is 0 Å². The van der Waals surface area contributed by atoms with E-state index in [0.717, 1.165) is 27.5 Å². The number of hydrogen-bond donors (Lipinski definition) is 4. The molecule has 2 atom stereocenters. The van der Waals surface area contributed by atoms with Gasteiger partial charge in [0, 0.05) is 39.8 Å². The summed E-state index contributed by atoms with van der Waals surface area (Å²) in [5, 5.41) is 19.0. The van der Waals surface area contributed by atoms with Crippen molar-refractivity contribution < 1.29 is 33.1 Å². The van der Waals surface area contributed by atoms with Crippen LogP contribution in [-0.2, 0) is 31.4 Å². The third kappa shape index (κ3) is 8.16. The summed E-state index contributed by atoms with van der Waals surface area (Å²) in [4.78, 5) is 63.0. The van der Waals surface area contributed by atoms with E-state index in [9.17, 15) is 29.1 Å². The van der Waals surface area contributed by atoms with E-state index in [1.165, 1.54) is 11.8 Å². The first-order valence-electron chi connectivity index (χ1n) is 15.0. The molecule has 2 aromatic carbocycles. The molecule has 244 valence electrons. The minimum Gasteiger partial charge on any atom is -0.480 e. The van der Waals surface area contributed by atoms with Crippen LogP contribution < -0.4 is 21.6 Å². The number of amides is 3. The first kappa shape index (κ1) is 34.3. The van der Waals surface area contributed by atoms with Crippen LogP contribution in [0.15, 0.2) is 56.3 Å². The number of thioether (sulfide) groups is 1. The fourth-order valence-corrected chi connectivity index (χ4v) is 6.19. The molecule has 4 N–H and O–H groups in total. The van der Waals surface area contributed by atoms with Crippen LogP contribution in [0.3, 0.4) is 0 Å². The van der Waals surface area contributed by atoms with E-state index in [-0.39, 0.29) is 24.5 Å². The maximum absolute atomic E-state index is 13.0. The van der Waals surface area contributed by atoms with Gasteiger partial charge < -0.3 is 29.9 Å². The molecule has 46 heavy (non-hydrogen) atoms. The largest absolute Gasteiger partial charge is 0.480 e. The van der Waals surface area contributed by atoms with E-state index in [1.807, 2.05) is 57.2 Å². The summed E-state index contributed by atoms with van der Waals surface area (Å²) in [5.74, 6) is -2.49. The molecular formula is C34H39N3O8S. The minimum absolute atomic E-state index is 0.0641. The van der Waals surface area contributed by atoms with Crippen molar-refractivity contribution in [2.45, 2.75) is 65.3 Å². The molecule has 2 heterocycles. The summed E-state index contributed by atoms with van der Waals surface area (Å²) >= 11 is 1.38. The number of hydrogen-bond acceptors (Lipinski definition) is 8. The maximum atomic E-state index is 13.0. The molecule has 4 rings (SSSR count). The third-order valence-electron chi connectivity index (χ3n) is 7.86. The van der Waals surface area contributed by atoms with E-state index in [0.29, 0.717) is 28.0 Å². The Bertz CT molecular complexity index is 1810. The third-order valence-corrected chi connectivity index (χ3v) is 8.97. The second-order valence-corrected chi connectivity index (χ2v) is 12.7. The summed E-state index contributed by atoms with van der Waals surface area (Å²) < 4.78 is 11.3. The highest BCUT2D eigenvalue weighted by atomic mass is 32.2. The molecule has 2 unspecified atom stereocenters. The van der Waals surface area contributed by atoms with Crippen molar-refractivity contribution in [2.75, 3.05) is 12.3 Å². The van der Waals surface area contributed by atoms with E-state index in [4.69, 9.17) is 8.83 Å². The SMILES string of the molecule is Cc1coc2c(C)c3oc(=O)c(CCC(=O)NCC(=O)NC(C(=O)NC(CSCc4ccccc4)C(=O)O)C(C)C)c(C)c3cc12. The predicted octanol–water partition coefficient (Wildman–Crippen LogP) is 4.16. The lowest BCUT2D eigenvalue weighted by atomic mass is 9.98. The molecule has 0 spiro atoms. The summed E-state index contributed by atoms with van der Waals surface area (Å²) in [6.45, 7) is 8.63. The number of rotatable bonds is 14. The number of nitrogens with one attached hydrogen (secondary N) is 3. The average molecular weight is 650 g/mol. The van der Waals surface area contributed by atoms with Crippen LogP contribution in [0.4, 0.5) is 0 Å². The van der Waals surface area contributed by atoms with Crippen LogP contribution >= 0.6 is 11.8 Å². The van der Waals surface area contributed by atoms with Gasteiger partial charge in [-0.2, -0.15) is 11.8 Å². The zero-order valence-electron chi connectivity index (χ0n) is 26.5. The van der Waals surface area contributed by atoms with Gasteiger partial charge in [0.2, 0.25) is 17.7 Å². The van der Waals surface area contributed by atoms with Gasteiger partial charge in [-0.05, 0) is 55.9 Å². The van der Waals surface area contributed by atoms with Crippen molar-refractivity contribution >= 4 is 57.4 Å². The van der Waals surface area contributed by atoms with Gasteiger partial charge in [0.15, 0.2) is 0 Å². The number of furan rings is 1. The van der Waals surface area contributed by atoms with E-state index in [1.54, 1.807) is 20.1 Å². The molecule has 0 aliphatic carbocycles. The number of fused-ring (bicyclic) bond motifs is 2. The number of carbonyl (C=O) groups is 4. The lowest BCUT2D eigenvalue weighted by Gasteiger charge is -2.24. The molecular weight excluding hydrogens is 610 g/mol. The number of aryl methyl sites for hydroxylation is 3. The van der Waals surface area contributed by atoms with Gasteiger partial charge in [-0.3, -0.25) is 14.4 Å². The molecule has 2 aromatic heterocycles. The van der Waals surface area contributed by atoms with Crippen LogP contribution in [0, 0.1) is 26.7 Å². The highest BCUT2D eigenvalue weighted by Crippen LogP contribution is 2.32. The highest BCUT2D eigenvalue weighted by molar-refractivity contribution is 7.98. The first-order valence-corrected chi connectivity index (χ1v) is 16.2. The molecule has 0 aliphatic heterocycles. The quantitative estimate of drug-likeness (QED) is 0.147. The Labute approximate surface area is 270 Å². The number of carbonyl (C=O) groups excluding carboxylic acids is 3. The van der Waals surface area contributed by atoms with Gasteiger partial charge in [0.1, 0.15) is 23.2 Å². The number of aliphatic carboxylic acids is 1. The van der Waals surface area contributed by atoms with E-state index < -0.39 is 47.9 Å². The minimum atomic E-state index is -1.18. The Hall–Kier alpha value is -4.58. The second kappa shape index (κ2) is 15.1. The molecule has 11 nitrogen and oxygen atoms in total. The van der Waals surface area contributed by atoms with Crippen LogP contribution in [0.1, 0.15) is 48.1 Å². The zero-order valence-corrected chi connectivity index (χ0v) is 27.3. The molecule has 0 radical (unpaired) electrons. The Morgan fingerprint density at radius 1 is 0.935 bits per heavy atom. The molecule has 4 aromatic rings. The lowest BCUT2D eigenvalue weighted by molar-refractivity contribution is -0.141. The fraction of sp³-hybridized carbons (Fsp3) is 0.382. The topological polar surface area (TPSA) is 168 Å². The van der Waals surface area contributed by atoms with Crippen molar-refractivity contribution in [1.29, 1.82) is 0 Å². The molecule has 0 aliphatic rings. The van der Waals surface area contributed by atoms with Crippen LogP contribution in [0.5, 0.6) is 0 Å². The molecule has 3 amide bonds. The van der Waals surface area contributed by atoms with Gasteiger partial charge >= 0.3 is 11.6 Å². The van der Waals surface area contributed by atoms with Crippen LogP contribution in [0.25, 0.3) is 21.9 Å². The monoisotopic (exact) mass is 649 g/mol. The van der Waals surface area contributed by atoms with Crippen molar-refractivity contribution in [3.05, 3.63) is 80.9 Å². The van der Waals surface area contributed by atoms with Gasteiger partial charge in [-0.25, -0.2) is 9.59 Å². The number of carboxylic acids is 1. The second-order valence-electron chi connectivity index (χ2n) is 11.6. The molecule has 0 fully saturated rings. The average Bonchev–Trinajstić information content (AvgIpc) is 3.39. The standard InChI is InChI=1S/C34H39N3O8S/c1-18(2)29(32(40)36-26(33(41)42)17-46-16-22-9-7-6-8-10-22)37-28(39)14-35-27(38)12-11-23-20(4)25-13-24-19(3)15-44-30(24)21(5)31(25)45-34(23)43/h6-10,13,15,18,26,29H,11-12,14,16-17H2,1-5H3,(H,35,38)(H,36,40)(H,37,39)(H,41,42). The van der Waals surface area contributed by atoms with E-state index in [2.05, 4.69) is 16.0 Å². The molecule has 0 saturated carbocycles. The molecule has 0 bridgehead atoms. The first-order chi connectivity index (χ1) is 21.9. The van der Waals surface area contributed by atoms with Crippen molar-refractivity contribution in [3.8, 4) is 0 Å². The smallest absolute Gasteiger partial charge is 0.339 e. The van der Waals surface area contributed by atoms with Crippen LogP contribution in [-0.4, -0.2) is 53.2 Å². The Balaban J connectivity index is 1.31. The van der Waals surface area contributed by atoms with Gasteiger partial charge in [-0.15, -0.1) is 0 Å². The van der Waals surface area contributed by atoms with Crippen LogP contribution in [0.2, 0.25) is 0 Å². The summed E-state index contributed by atoms with van der Waals surface area (Å²) in [6, 6.07) is 9.33. The molecule has 0 saturated heterocycles. The highest BCUT2D eigenvalue weighted by Gasteiger charge is 2.29. The Morgan fingerprint density at radius 3 is 2.33 bits per heavy atom. The number of benzene rings is 2. The molecule has 12 heteroatoms. The predicted molar refractivity (Wildman–Crippen MR) is 177 cm³/mol. The lowest BCUT2D eigenvalue weighted by Crippen LogP contribution is -2.55. The number of carboxylic acid groups (broad SMARTS) is 1. The van der Waals surface area contributed by atoms with Crippen molar-refractivity contribution in [1.82, 2.24) is 16.0 Å². The van der Waals surface area contributed by atoms with E-state index >= 15 is 0 Å². The normalized spacial score (nSPS) is 12.7. The summed E-state index contributed by atoms with van der Waals surface area (Å²) in [7, 11) is 0. The maximum Gasteiger partial charge on any atom is 0.339 e. The zero-order chi connectivity index (χ0) is 33.5. The summed E-state index contributed by atoms with van der Waals surface area (Å²) in [6.07, 6.45) is 1.70. The van der Waals surface area contributed by atoms with Crippen molar-refractivity contribution in [2.24, 2.45) is 5.92 Å². The summed E-state index contributed by atoms with van der Waals surface area (Å²) in [5.41, 5.74) is 4.38.